The van der Waals surface area contributed by atoms with Gasteiger partial charge in [0.1, 0.15) is 0 Å². The zero-order valence-corrected chi connectivity index (χ0v) is 21.2. The Balaban J connectivity index is 1.90. The van der Waals surface area contributed by atoms with Gasteiger partial charge in [-0.3, -0.25) is 14.3 Å². The zero-order valence-electron chi connectivity index (χ0n) is 20.4. The highest BCUT2D eigenvalue weighted by Crippen LogP contribution is 2.33. The first kappa shape index (κ1) is 24.6. The highest BCUT2D eigenvalue weighted by atomic mass is 32.1. The summed E-state index contributed by atoms with van der Waals surface area (Å²) in [6, 6.07) is 9.13. The second-order valence-corrected chi connectivity index (χ2v) is 10.5. The lowest BCUT2D eigenvalue weighted by Gasteiger charge is -2.24. The lowest BCUT2D eigenvalue weighted by atomic mass is 9.86. The molecule has 3 rings (SSSR count). The van der Waals surface area contributed by atoms with Gasteiger partial charge in [0, 0.05) is 18.2 Å². The summed E-state index contributed by atoms with van der Waals surface area (Å²) in [5.41, 5.74) is 2.51. The number of likely N-dealkylation sites (N-methyl/N-ethyl adjacent to an activating group) is 1. The minimum Gasteiger partial charge on any atom is -0.355 e. The summed E-state index contributed by atoms with van der Waals surface area (Å²) in [4.78, 5) is 14.1. The van der Waals surface area contributed by atoms with E-state index < -0.39 is 0 Å². The van der Waals surface area contributed by atoms with Gasteiger partial charge in [-0.25, -0.2) is 4.68 Å². The summed E-state index contributed by atoms with van der Waals surface area (Å²) in [5.74, 6) is 0.969. The SMILES string of the molecule is CCCNC(=O)CN(C)Cn1nc(-c2ccc(C(C)(C)C)cc2)n(C2CCCCC2)c1=S. The van der Waals surface area contributed by atoms with Gasteiger partial charge in [0.25, 0.3) is 0 Å². The normalized spacial score (nSPS) is 15.3. The minimum atomic E-state index is 0.0329. The average molecular weight is 458 g/mol. The number of nitrogens with zero attached hydrogens (tertiary/aromatic N) is 4. The number of hydrogen-bond donors (Lipinski definition) is 1. The van der Waals surface area contributed by atoms with Crippen molar-refractivity contribution in [3.8, 4) is 11.4 Å². The molecule has 1 N–H and O–H groups in total. The number of aromatic nitrogens is 3. The molecule has 7 heteroatoms. The predicted molar refractivity (Wildman–Crippen MR) is 133 cm³/mol. The summed E-state index contributed by atoms with van der Waals surface area (Å²) in [6.45, 7) is 10.3. The lowest BCUT2D eigenvalue weighted by Crippen LogP contribution is -2.36. The van der Waals surface area contributed by atoms with Crippen LogP contribution in [0.4, 0.5) is 0 Å². The van der Waals surface area contributed by atoms with Crippen LogP contribution in [0.25, 0.3) is 11.4 Å². The van der Waals surface area contributed by atoms with Crippen molar-refractivity contribution in [2.75, 3.05) is 20.1 Å². The van der Waals surface area contributed by atoms with E-state index in [-0.39, 0.29) is 11.3 Å². The Hall–Kier alpha value is -1.99. The van der Waals surface area contributed by atoms with Gasteiger partial charge < -0.3 is 5.32 Å². The fourth-order valence-electron chi connectivity index (χ4n) is 4.34. The number of benzene rings is 1. The Morgan fingerprint density at radius 3 is 2.44 bits per heavy atom. The van der Waals surface area contributed by atoms with Crippen LogP contribution in [0, 0.1) is 4.77 Å². The molecule has 176 valence electrons. The van der Waals surface area contributed by atoms with Crippen LogP contribution in [0.5, 0.6) is 0 Å². The molecule has 1 aromatic carbocycles. The second-order valence-electron chi connectivity index (χ2n) is 10.1. The van der Waals surface area contributed by atoms with Crippen molar-refractivity contribution in [3.05, 3.63) is 34.6 Å². The monoisotopic (exact) mass is 457 g/mol. The fourth-order valence-corrected chi connectivity index (χ4v) is 4.68. The van der Waals surface area contributed by atoms with Gasteiger partial charge >= 0.3 is 0 Å². The third-order valence-electron chi connectivity index (χ3n) is 6.18. The van der Waals surface area contributed by atoms with Crippen molar-refractivity contribution in [2.45, 2.75) is 84.3 Å². The molecule has 1 amide bonds. The van der Waals surface area contributed by atoms with Gasteiger partial charge in [-0.15, -0.1) is 0 Å². The lowest BCUT2D eigenvalue weighted by molar-refractivity contribution is -0.122. The van der Waals surface area contributed by atoms with E-state index in [9.17, 15) is 4.79 Å². The smallest absolute Gasteiger partial charge is 0.234 e. The zero-order chi connectivity index (χ0) is 23.3. The molecule has 0 bridgehead atoms. The van der Waals surface area contributed by atoms with Gasteiger partial charge in [0.2, 0.25) is 5.91 Å². The van der Waals surface area contributed by atoms with Gasteiger partial charge in [-0.05, 0) is 49.5 Å². The molecule has 0 spiro atoms. The molecule has 0 atom stereocenters. The number of carbonyl (C=O) groups excluding carboxylic acids is 1. The molecule has 1 saturated carbocycles. The third-order valence-corrected chi connectivity index (χ3v) is 6.59. The summed E-state index contributed by atoms with van der Waals surface area (Å²) in [7, 11) is 1.94. The molecular weight excluding hydrogens is 418 g/mol. The maximum absolute atomic E-state index is 12.1. The van der Waals surface area contributed by atoms with Crippen LogP contribution in [-0.2, 0) is 16.9 Å². The minimum absolute atomic E-state index is 0.0329. The van der Waals surface area contributed by atoms with Crippen molar-refractivity contribution in [1.82, 2.24) is 24.6 Å². The molecule has 6 nitrogen and oxygen atoms in total. The standard InChI is InChI=1S/C25H39N5OS/c1-6-16-26-22(31)17-28(5)18-29-24(32)30(21-10-8-7-9-11-21)23(27-29)19-12-14-20(15-13-19)25(2,3)4/h12-15,21H,6-11,16-18H2,1-5H3,(H,26,31). The topological polar surface area (TPSA) is 55.1 Å². The van der Waals surface area contributed by atoms with Gasteiger partial charge in [-0.1, -0.05) is 71.2 Å². The third kappa shape index (κ3) is 6.07. The van der Waals surface area contributed by atoms with Crippen molar-refractivity contribution < 1.29 is 4.79 Å². The number of rotatable bonds is 8. The number of hydrogen-bond acceptors (Lipinski definition) is 4. The van der Waals surface area contributed by atoms with Crippen LogP contribution >= 0.6 is 12.2 Å². The largest absolute Gasteiger partial charge is 0.355 e. The van der Waals surface area contributed by atoms with Crippen molar-refractivity contribution >= 4 is 18.1 Å². The van der Waals surface area contributed by atoms with E-state index in [1.54, 1.807) is 0 Å². The van der Waals surface area contributed by atoms with Gasteiger partial charge in [-0.2, -0.15) is 5.10 Å². The summed E-state index contributed by atoms with van der Waals surface area (Å²) < 4.78 is 4.89. The molecule has 2 aromatic rings. The highest BCUT2D eigenvalue weighted by molar-refractivity contribution is 7.71. The number of carbonyl (C=O) groups is 1. The Bertz CT molecular complexity index is 948. The summed E-state index contributed by atoms with van der Waals surface area (Å²) in [6.07, 6.45) is 6.98. The van der Waals surface area contributed by atoms with Crippen LogP contribution in [-0.4, -0.2) is 45.3 Å². The van der Waals surface area contributed by atoms with E-state index in [1.807, 2.05) is 16.6 Å². The van der Waals surface area contributed by atoms with Crippen molar-refractivity contribution in [1.29, 1.82) is 0 Å². The first-order valence-electron chi connectivity index (χ1n) is 12.0. The van der Waals surface area contributed by atoms with E-state index in [0.29, 0.717) is 25.8 Å². The maximum atomic E-state index is 12.1. The van der Waals surface area contributed by atoms with Crippen LogP contribution in [0.3, 0.4) is 0 Å². The quantitative estimate of drug-likeness (QED) is 0.547. The Labute approximate surface area is 198 Å². The van der Waals surface area contributed by atoms with E-state index in [2.05, 4.69) is 61.8 Å². The molecule has 1 aromatic heterocycles. The van der Waals surface area contributed by atoms with Crippen molar-refractivity contribution in [2.24, 2.45) is 0 Å². The van der Waals surface area contributed by atoms with Crippen LogP contribution in [0.15, 0.2) is 24.3 Å². The first-order valence-corrected chi connectivity index (χ1v) is 12.4. The summed E-state index contributed by atoms with van der Waals surface area (Å²) >= 11 is 5.92. The van der Waals surface area contributed by atoms with E-state index >= 15 is 0 Å². The Morgan fingerprint density at radius 2 is 1.84 bits per heavy atom. The summed E-state index contributed by atoms with van der Waals surface area (Å²) in [5, 5.41) is 7.89. The predicted octanol–water partition coefficient (Wildman–Crippen LogP) is 5.30. The Morgan fingerprint density at radius 1 is 1.19 bits per heavy atom. The second kappa shape index (κ2) is 10.8. The van der Waals surface area contributed by atoms with Gasteiger partial charge in [0.05, 0.1) is 13.2 Å². The molecule has 1 heterocycles. The molecule has 1 fully saturated rings. The molecule has 0 aliphatic heterocycles. The molecule has 0 unspecified atom stereocenters. The fraction of sp³-hybridized carbons (Fsp3) is 0.640. The molecule has 1 aliphatic carbocycles. The molecule has 0 saturated heterocycles. The average Bonchev–Trinajstić information content (AvgIpc) is 3.08. The number of amides is 1. The molecular formula is C25H39N5OS. The van der Waals surface area contributed by atoms with Crippen LogP contribution in [0.1, 0.15) is 77.8 Å². The highest BCUT2D eigenvalue weighted by Gasteiger charge is 2.23. The molecule has 1 aliphatic rings. The van der Waals surface area contributed by atoms with Gasteiger partial charge in [0.15, 0.2) is 10.6 Å². The molecule has 32 heavy (non-hydrogen) atoms. The Kier molecular flexibility index (Phi) is 8.28. The van der Waals surface area contributed by atoms with Crippen molar-refractivity contribution in [3.63, 3.8) is 0 Å². The van der Waals surface area contributed by atoms with Crippen LogP contribution < -0.4 is 5.32 Å². The van der Waals surface area contributed by atoms with E-state index in [1.165, 1.54) is 24.8 Å². The first-order chi connectivity index (χ1) is 15.2. The molecule has 0 radical (unpaired) electrons. The van der Waals surface area contributed by atoms with Crippen LogP contribution in [0.2, 0.25) is 0 Å². The van der Waals surface area contributed by atoms with E-state index in [0.717, 1.165) is 35.4 Å². The maximum Gasteiger partial charge on any atom is 0.234 e. The van der Waals surface area contributed by atoms with E-state index in [4.69, 9.17) is 17.3 Å². The number of nitrogens with one attached hydrogen (secondary N) is 1.